The lowest BCUT2D eigenvalue weighted by molar-refractivity contribution is -0.160. The molecule has 1 heterocycles. The van der Waals surface area contributed by atoms with Crippen molar-refractivity contribution in [3.05, 3.63) is 11.6 Å². The SMILES string of the molecule is C[C@]12CCC(=O)C=C1[C@@H](O)C[C@@H]1[C@@H]2[C@@H]2C[C@]3(C(O)O2)[C@H](C(=O)CO)CC[C@@H]13. The average Bonchev–Trinajstić information content (AvgIpc) is 3.15. The summed E-state index contributed by atoms with van der Waals surface area (Å²) in [5, 5.41) is 31.3. The molecule has 2 bridgehead atoms. The van der Waals surface area contributed by atoms with E-state index >= 15 is 0 Å². The van der Waals surface area contributed by atoms with Gasteiger partial charge in [-0.05, 0) is 66.9 Å². The van der Waals surface area contributed by atoms with Crippen molar-refractivity contribution in [3.63, 3.8) is 0 Å². The number of carbonyl (C=O) groups is 2. The van der Waals surface area contributed by atoms with E-state index in [0.29, 0.717) is 32.1 Å². The van der Waals surface area contributed by atoms with Crippen molar-refractivity contribution in [1.82, 2.24) is 0 Å². The van der Waals surface area contributed by atoms with Crippen molar-refractivity contribution in [1.29, 1.82) is 0 Å². The highest BCUT2D eigenvalue weighted by atomic mass is 16.6. The molecule has 27 heavy (non-hydrogen) atoms. The molecule has 6 nitrogen and oxygen atoms in total. The number of Topliss-reactive ketones (excluding diaryl/α,β-unsaturated/α-hetero) is 1. The average molecular weight is 376 g/mol. The fourth-order valence-electron chi connectivity index (χ4n) is 7.85. The van der Waals surface area contributed by atoms with E-state index in [1.54, 1.807) is 6.08 Å². The van der Waals surface area contributed by atoms with E-state index < -0.39 is 24.4 Å². The fourth-order valence-corrected chi connectivity index (χ4v) is 7.85. The van der Waals surface area contributed by atoms with Gasteiger partial charge in [-0.3, -0.25) is 9.59 Å². The first-order valence-corrected chi connectivity index (χ1v) is 10.2. The monoisotopic (exact) mass is 376 g/mol. The fraction of sp³-hybridized carbons (Fsp3) is 0.810. The van der Waals surface area contributed by atoms with Gasteiger partial charge in [0, 0.05) is 17.8 Å². The number of aliphatic hydroxyl groups is 3. The van der Waals surface area contributed by atoms with Crippen LogP contribution in [0.4, 0.5) is 0 Å². The normalized spacial score (nSPS) is 53.4. The molecule has 5 aliphatic rings. The van der Waals surface area contributed by atoms with Crippen molar-refractivity contribution in [3.8, 4) is 0 Å². The predicted octanol–water partition coefficient (Wildman–Crippen LogP) is 0.974. The van der Waals surface area contributed by atoms with Gasteiger partial charge in [-0.2, -0.15) is 0 Å². The number of rotatable bonds is 2. The molecule has 4 fully saturated rings. The van der Waals surface area contributed by atoms with Gasteiger partial charge in [-0.25, -0.2) is 0 Å². The molecular weight excluding hydrogens is 348 g/mol. The number of ketones is 2. The second-order valence-electron chi connectivity index (χ2n) is 9.63. The molecule has 1 aliphatic heterocycles. The number of carbonyl (C=O) groups excluding carboxylic acids is 2. The van der Waals surface area contributed by atoms with E-state index in [0.717, 1.165) is 12.0 Å². The van der Waals surface area contributed by atoms with Gasteiger partial charge in [-0.15, -0.1) is 0 Å². The van der Waals surface area contributed by atoms with Gasteiger partial charge in [0.1, 0.15) is 6.61 Å². The van der Waals surface area contributed by atoms with Crippen LogP contribution in [0, 0.1) is 34.5 Å². The first-order chi connectivity index (χ1) is 12.8. The summed E-state index contributed by atoms with van der Waals surface area (Å²) in [6.07, 6.45) is 3.64. The largest absolute Gasteiger partial charge is 0.389 e. The minimum atomic E-state index is -1.00. The van der Waals surface area contributed by atoms with Crippen molar-refractivity contribution >= 4 is 11.6 Å². The molecule has 6 heteroatoms. The summed E-state index contributed by atoms with van der Waals surface area (Å²) in [6.45, 7) is 1.64. The van der Waals surface area contributed by atoms with Crippen molar-refractivity contribution in [2.45, 2.75) is 63.9 Å². The molecule has 1 saturated heterocycles. The van der Waals surface area contributed by atoms with Crippen LogP contribution in [0.15, 0.2) is 11.6 Å². The third-order valence-corrected chi connectivity index (χ3v) is 8.80. The van der Waals surface area contributed by atoms with Crippen LogP contribution < -0.4 is 0 Å². The van der Waals surface area contributed by atoms with Gasteiger partial charge < -0.3 is 20.1 Å². The first kappa shape index (κ1) is 18.0. The summed E-state index contributed by atoms with van der Waals surface area (Å²) in [5.41, 5.74) is -0.109. The Labute approximate surface area is 158 Å². The Morgan fingerprint density at radius 2 is 2.11 bits per heavy atom. The maximum Gasteiger partial charge on any atom is 0.162 e. The zero-order valence-corrected chi connectivity index (χ0v) is 15.6. The molecule has 148 valence electrons. The number of hydrogen-bond acceptors (Lipinski definition) is 6. The topological polar surface area (TPSA) is 104 Å². The summed E-state index contributed by atoms with van der Waals surface area (Å²) in [6, 6.07) is 0. The van der Waals surface area contributed by atoms with Gasteiger partial charge >= 0.3 is 0 Å². The van der Waals surface area contributed by atoms with Crippen molar-refractivity contribution < 1.29 is 29.6 Å². The Morgan fingerprint density at radius 3 is 2.85 bits per heavy atom. The van der Waals surface area contributed by atoms with E-state index in [1.807, 2.05) is 0 Å². The summed E-state index contributed by atoms with van der Waals surface area (Å²) in [4.78, 5) is 24.4. The Hall–Kier alpha value is -1.08. The van der Waals surface area contributed by atoms with Crippen molar-refractivity contribution in [2.24, 2.45) is 34.5 Å². The number of hydrogen-bond donors (Lipinski definition) is 3. The van der Waals surface area contributed by atoms with Gasteiger partial charge in [0.25, 0.3) is 0 Å². The number of fused-ring (bicyclic) bond motifs is 6. The maximum absolute atomic E-state index is 12.4. The Balaban J connectivity index is 1.60. The van der Waals surface area contributed by atoms with Gasteiger partial charge in [-0.1, -0.05) is 6.92 Å². The van der Waals surface area contributed by atoms with Crippen LogP contribution in [-0.4, -0.2) is 52.0 Å². The molecule has 1 spiro atoms. The van der Waals surface area contributed by atoms with Crippen LogP contribution in [0.25, 0.3) is 0 Å². The molecule has 1 unspecified atom stereocenters. The molecule has 0 aromatic carbocycles. The Morgan fingerprint density at radius 1 is 1.33 bits per heavy atom. The van der Waals surface area contributed by atoms with Crippen LogP contribution in [-0.2, 0) is 14.3 Å². The van der Waals surface area contributed by atoms with Gasteiger partial charge in [0.15, 0.2) is 17.9 Å². The zero-order chi connectivity index (χ0) is 19.1. The lowest BCUT2D eigenvalue weighted by Gasteiger charge is -2.58. The highest BCUT2D eigenvalue weighted by molar-refractivity contribution is 5.92. The lowest BCUT2D eigenvalue weighted by atomic mass is 9.46. The summed E-state index contributed by atoms with van der Waals surface area (Å²) in [5.74, 6) is -0.107. The Kier molecular flexibility index (Phi) is 3.81. The van der Waals surface area contributed by atoms with E-state index in [1.165, 1.54) is 0 Å². The van der Waals surface area contributed by atoms with E-state index in [-0.39, 0.29) is 46.8 Å². The van der Waals surface area contributed by atoms with Crippen LogP contribution in [0.1, 0.15) is 45.4 Å². The minimum absolute atomic E-state index is 0.0759. The predicted molar refractivity (Wildman–Crippen MR) is 94.3 cm³/mol. The van der Waals surface area contributed by atoms with Crippen LogP contribution >= 0.6 is 0 Å². The summed E-state index contributed by atoms with van der Waals surface area (Å²) < 4.78 is 6.09. The summed E-state index contributed by atoms with van der Waals surface area (Å²) in [7, 11) is 0. The molecule has 3 N–H and O–H groups in total. The second-order valence-corrected chi connectivity index (χ2v) is 9.63. The molecule has 0 amide bonds. The molecule has 9 atom stereocenters. The van der Waals surface area contributed by atoms with Gasteiger partial charge in [0.2, 0.25) is 0 Å². The maximum atomic E-state index is 12.4. The Bertz CT molecular complexity index is 730. The van der Waals surface area contributed by atoms with Crippen LogP contribution in [0.2, 0.25) is 0 Å². The van der Waals surface area contributed by atoms with Crippen molar-refractivity contribution in [2.75, 3.05) is 6.61 Å². The third-order valence-electron chi connectivity index (χ3n) is 8.80. The quantitative estimate of drug-likeness (QED) is 0.664. The van der Waals surface area contributed by atoms with Crippen LogP contribution in [0.5, 0.6) is 0 Å². The molecule has 4 aliphatic carbocycles. The summed E-state index contributed by atoms with van der Waals surface area (Å²) >= 11 is 0. The minimum Gasteiger partial charge on any atom is -0.389 e. The molecule has 5 rings (SSSR count). The smallest absolute Gasteiger partial charge is 0.162 e. The third kappa shape index (κ3) is 2.10. The zero-order valence-electron chi connectivity index (χ0n) is 15.6. The number of ether oxygens (including phenoxy) is 1. The van der Waals surface area contributed by atoms with Crippen LogP contribution in [0.3, 0.4) is 0 Å². The molecule has 0 radical (unpaired) electrons. The first-order valence-electron chi connectivity index (χ1n) is 10.2. The molecule has 0 aromatic heterocycles. The van der Waals surface area contributed by atoms with E-state index in [2.05, 4.69) is 6.92 Å². The second kappa shape index (κ2) is 5.72. The molecule has 3 saturated carbocycles. The number of aliphatic hydroxyl groups excluding tert-OH is 3. The van der Waals surface area contributed by atoms with Gasteiger partial charge in [0.05, 0.1) is 12.2 Å². The highest BCUT2D eigenvalue weighted by Crippen LogP contribution is 2.71. The highest BCUT2D eigenvalue weighted by Gasteiger charge is 2.72. The van der Waals surface area contributed by atoms with E-state index in [9.17, 15) is 24.9 Å². The standard InChI is InChI=1S/C21H28O6/c1-20-5-4-10(23)6-14(20)15(24)7-11-12-2-3-13(16(25)9-22)21(12)8-17(18(11)20)27-19(21)26/h6,11-13,15,17-19,22,24,26H,2-5,7-9H2,1H3/t11-,12-,13-,15-,17-,18+,19?,20-,21+/m0/s1. The lowest BCUT2D eigenvalue weighted by Crippen LogP contribution is -2.58. The molecular formula is C21H28O6. The molecule has 0 aromatic rings. The van der Waals surface area contributed by atoms with E-state index in [4.69, 9.17) is 4.74 Å².